The molecule has 1 aromatic carbocycles. The van der Waals surface area contributed by atoms with Gasteiger partial charge in [0.15, 0.2) is 0 Å². The van der Waals surface area contributed by atoms with Crippen molar-refractivity contribution in [3.8, 4) is 0 Å². The van der Waals surface area contributed by atoms with Crippen LogP contribution >= 0.6 is 15.9 Å². The number of halogens is 1. The SMILES string of the molecule is Cc1ccccc1Cn1cc(NC(=O)C(C)(C)n2cc(Br)cn2)cn1. The molecule has 3 rings (SSSR count). The number of hydrogen-bond donors (Lipinski definition) is 1. The van der Waals surface area contributed by atoms with Gasteiger partial charge in [-0.05, 0) is 47.8 Å². The summed E-state index contributed by atoms with van der Waals surface area (Å²) in [4.78, 5) is 12.6. The molecule has 0 fully saturated rings. The van der Waals surface area contributed by atoms with Crippen LogP contribution in [0.2, 0.25) is 0 Å². The van der Waals surface area contributed by atoms with E-state index in [1.165, 1.54) is 11.1 Å². The fourth-order valence-electron chi connectivity index (χ4n) is 2.47. The number of amides is 1. The first-order valence-corrected chi connectivity index (χ1v) is 8.74. The highest BCUT2D eigenvalue weighted by Gasteiger charge is 2.30. The number of benzene rings is 1. The van der Waals surface area contributed by atoms with Gasteiger partial charge in [-0.2, -0.15) is 10.2 Å². The number of carbonyl (C=O) groups excluding carboxylic acids is 1. The van der Waals surface area contributed by atoms with Crippen molar-refractivity contribution in [3.63, 3.8) is 0 Å². The van der Waals surface area contributed by atoms with E-state index in [1.807, 2.05) is 36.9 Å². The first-order valence-electron chi connectivity index (χ1n) is 7.95. The third kappa shape index (κ3) is 3.82. The summed E-state index contributed by atoms with van der Waals surface area (Å²) < 4.78 is 4.28. The minimum absolute atomic E-state index is 0.154. The highest BCUT2D eigenvalue weighted by Crippen LogP contribution is 2.20. The molecular weight excluding hydrogens is 382 g/mol. The fourth-order valence-corrected chi connectivity index (χ4v) is 2.76. The summed E-state index contributed by atoms with van der Waals surface area (Å²) in [5.74, 6) is -0.154. The summed E-state index contributed by atoms with van der Waals surface area (Å²) in [5, 5.41) is 11.5. The van der Waals surface area contributed by atoms with Crippen molar-refractivity contribution in [2.24, 2.45) is 0 Å². The molecule has 0 aliphatic heterocycles. The Morgan fingerprint density at radius 2 is 1.96 bits per heavy atom. The van der Waals surface area contributed by atoms with E-state index < -0.39 is 5.54 Å². The van der Waals surface area contributed by atoms with Crippen molar-refractivity contribution in [2.75, 3.05) is 5.32 Å². The van der Waals surface area contributed by atoms with Crippen LogP contribution in [0.25, 0.3) is 0 Å². The van der Waals surface area contributed by atoms with Crippen LogP contribution in [0.5, 0.6) is 0 Å². The zero-order valence-electron chi connectivity index (χ0n) is 14.4. The molecule has 0 atom stereocenters. The van der Waals surface area contributed by atoms with Gasteiger partial charge in [0, 0.05) is 12.4 Å². The summed E-state index contributed by atoms with van der Waals surface area (Å²) in [6.45, 7) is 6.38. The highest BCUT2D eigenvalue weighted by molar-refractivity contribution is 9.10. The molecule has 0 saturated heterocycles. The second-order valence-corrected chi connectivity index (χ2v) is 7.39. The molecule has 2 heterocycles. The Morgan fingerprint density at radius 3 is 2.64 bits per heavy atom. The molecule has 6 nitrogen and oxygen atoms in total. The van der Waals surface area contributed by atoms with Gasteiger partial charge in [-0.1, -0.05) is 24.3 Å². The van der Waals surface area contributed by atoms with Crippen LogP contribution < -0.4 is 5.32 Å². The number of nitrogens with zero attached hydrogens (tertiary/aromatic N) is 4. The number of nitrogens with one attached hydrogen (secondary N) is 1. The lowest BCUT2D eigenvalue weighted by Gasteiger charge is -2.23. The zero-order chi connectivity index (χ0) is 18.0. The zero-order valence-corrected chi connectivity index (χ0v) is 16.0. The molecule has 0 bridgehead atoms. The monoisotopic (exact) mass is 401 g/mol. The van der Waals surface area contributed by atoms with Gasteiger partial charge in [0.05, 0.1) is 29.1 Å². The van der Waals surface area contributed by atoms with E-state index in [1.54, 1.807) is 23.3 Å². The average molecular weight is 402 g/mol. The summed E-state index contributed by atoms with van der Waals surface area (Å²) >= 11 is 3.35. The molecular formula is C18H20BrN5O. The van der Waals surface area contributed by atoms with Gasteiger partial charge in [0.2, 0.25) is 0 Å². The Bertz CT molecular complexity index is 896. The minimum atomic E-state index is -0.815. The lowest BCUT2D eigenvalue weighted by atomic mass is 10.1. The molecule has 2 aromatic heterocycles. The van der Waals surface area contributed by atoms with Gasteiger partial charge in [-0.3, -0.25) is 14.2 Å². The minimum Gasteiger partial charge on any atom is -0.321 e. The Morgan fingerprint density at radius 1 is 1.20 bits per heavy atom. The van der Waals surface area contributed by atoms with Crippen molar-refractivity contribution in [3.05, 3.63) is 64.7 Å². The van der Waals surface area contributed by atoms with Crippen molar-refractivity contribution >= 4 is 27.5 Å². The number of aromatic nitrogens is 4. The molecule has 1 N–H and O–H groups in total. The smallest absolute Gasteiger partial charge is 0.251 e. The number of aryl methyl sites for hydroxylation is 1. The van der Waals surface area contributed by atoms with Gasteiger partial charge in [0.25, 0.3) is 5.91 Å². The second-order valence-electron chi connectivity index (χ2n) is 6.47. The van der Waals surface area contributed by atoms with Crippen LogP contribution in [0.4, 0.5) is 5.69 Å². The van der Waals surface area contributed by atoms with Crippen LogP contribution in [0.3, 0.4) is 0 Å². The predicted octanol–water partition coefficient (Wildman–Crippen LogP) is 3.57. The summed E-state index contributed by atoms with van der Waals surface area (Å²) in [6, 6.07) is 8.18. The summed E-state index contributed by atoms with van der Waals surface area (Å²) in [5.41, 5.74) is 2.27. The molecule has 130 valence electrons. The quantitative estimate of drug-likeness (QED) is 0.710. The van der Waals surface area contributed by atoms with Crippen LogP contribution in [-0.4, -0.2) is 25.5 Å². The van der Waals surface area contributed by atoms with Crippen molar-refractivity contribution < 1.29 is 4.79 Å². The molecule has 0 saturated carbocycles. The Hall–Kier alpha value is -2.41. The largest absolute Gasteiger partial charge is 0.321 e. The molecule has 7 heteroatoms. The Balaban J connectivity index is 1.71. The van der Waals surface area contributed by atoms with Crippen molar-refractivity contribution in [2.45, 2.75) is 32.9 Å². The standard InChI is InChI=1S/C18H20BrN5O/c1-13-6-4-5-7-14(13)10-23-12-16(9-20-23)22-17(25)18(2,3)24-11-15(19)8-21-24/h4-9,11-12H,10H2,1-3H3,(H,22,25). The van der Waals surface area contributed by atoms with Crippen molar-refractivity contribution in [1.29, 1.82) is 0 Å². The van der Waals surface area contributed by atoms with E-state index in [0.717, 1.165) is 4.47 Å². The molecule has 1 amide bonds. The topological polar surface area (TPSA) is 64.7 Å². The highest BCUT2D eigenvalue weighted by atomic mass is 79.9. The van der Waals surface area contributed by atoms with Gasteiger partial charge in [-0.25, -0.2) is 0 Å². The maximum Gasteiger partial charge on any atom is 0.251 e. The Labute approximate surface area is 155 Å². The third-order valence-electron chi connectivity index (χ3n) is 4.16. The summed E-state index contributed by atoms with van der Waals surface area (Å²) in [6.07, 6.45) is 6.93. The Kier molecular flexibility index (Phi) is 4.76. The predicted molar refractivity (Wildman–Crippen MR) is 100 cm³/mol. The van der Waals surface area contributed by atoms with E-state index in [2.05, 4.69) is 50.5 Å². The van der Waals surface area contributed by atoms with Crippen LogP contribution in [0.15, 0.2) is 53.5 Å². The van der Waals surface area contributed by atoms with E-state index >= 15 is 0 Å². The average Bonchev–Trinajstić information content (AvgIpc) is 3.19. The van der Waals surface area contributed by atoms with Crippen LogP contribution in [-0.2, 0) is 16.9 Å². The lowest BCUT2D eigenvalue weighted by Crippen LogP contribution is -2.40. The maximum atomic E-state index is 12.6. The van der Waals surface area contributed by atoms with E-state index in [9.17, 15) is 4.79 Å². The molecule has 0 unspecified atom stereocenters. The number of anilines is 1. The maximum absolute atomic E-state index is 12.6. The normalized spacial score (nSPS) is 11.5. The molecule has 0 aliphatic carbocycles. The van der Waals surface area contributed by atoms with E-state index in [0.29, 0.717) is 12.2 Å². The number of rotatable bonds is 5. The summed E-state index contributed by atoms with van der Waals surface area (Å²) in [7, 11) is 0. The number of carbonyl (C=O) groups is 1. The van der Waals surface area contributed by atoms with Crippen LogP contribution in [0, 0.1) is 6.92 Å². The van der Waals surface area contributed by atoms with Gasteiger partial charge < -0.3 is 5.32 Å². The molecule has 0 aliphatic rings. The van der Waals surface area contributed by atoms with Gasteiger partial charge in [-0.15, -0.1) is 0 Å². The molecule has 25 heavy (non-hydrogen) atoms. The number of hydrogen-bond acceptors (Lipinski definition) is 3. The van der Waals surface area contributed by atoms with Crippen LogP contribution in [0.1, 0.15) is 25.0 Å². The lowest BCUT2D eigenvalue weighted by molar-refractivity contribution is -0.123. The first kappa shape index (κ1) is 17.4. The van der Waals surface area contributed by atoms with E-state index in [-0.39, 0.29) is 5.91 Å². The van der Waals surface area contributed by atoms with Gasteiger partial charge >= 0.3 is 0 Å². The first-order chi connectivity index (χ1) is 11.9. The fraction of sp³-hybridized carbons (Fsp3) is 0.278. The third-order valence-corrected chi connectivity index (χ3v) is 4.57. The van der Waals surface area contributed by atoms with Gasteiger partial charge in [0.1, 0.15) is 5.54 Å². The molecule has 0 radical (unpaired) electrons. The second kappa shape index (κ2) is 6.84. The van der Waals surface area contributed by atoms with Crippen molar-refractivity contribution in [1.82, 2.24) is 19.6 Å². The molecule has 3 aromatic rings. The van der Waals surface area contributed by atoms with E-state index in [4.69, 9.17) is 0 Å². The molecule has 0 spiro atoms.